The molecule has 4 aromatic rings. The van der Waals surface area contributed by atoms with Crippen LogP contribution in [0.2, 0.25) is 0 Å². The summed E-state index contributed by atoms with van der Waals surface area (Å²) in [5.74, 6) is 1.70. The van der Waals surface area contributed by atoms with Crippen molar-refractivity contribution < 1.29 is 4.74 Å². The number of methoxy groups -OCH3 is 1. The van der Waals surface area contributed by atoms with Crippen LogP contribution in [0.4, 0.5) is 0 Å². The van der Waals surface area contributed by atoms with E-state index >= 15 is 0 Å². The summed E-state index contributed by atoms with van der Waals surface area (Å²) in [5.41, 5.74) is 3.57. The number of piperazine rings is 1. The van der Waals surface area contributed by atoms with E-state index in [2.05, 4.69) is 60.6 Å². The van der Waals surface area contributed by atoms with Crippen molar-refractivity contribution in [2.75, 3.05) is 33.3 Å². The minimum Gasteiger partial charge on any atom is -0.497 e. The van der Waals surface area contributed by atoms with Gasteiger partial charge in [-0.3, -0.25) is 14.8 Å². The zero-order chi connectivity index (χ0) is 23.2. The molecule has 3 heterocycles. The molecule has 1 fully saturated rings. The molecule has 1 unspecified atom stereocenters. The fraction of sp³-hybridized carbons (Fsp3) is 0.308. The Bertz CT molecular complexity index is 1160. The fourth-order valence-electron chi connectivity index (χ4n) is 4.52. The van der Waals surface area contributed by atoms with Gasteiger partial charge in [0.15, 0.2) is 5.82 Å². The Kier molecular flexibility index (Phi) is 6.88. The first-order valence-corrected chi connectivity index (χ1v) is 11.6. The van der Waals surface area contributed by atoms with Crippen molar-refractivity contribution in [3.63, 3.8) is 0 Å². The van der Waals surface area contributed by atoms with E-state index in [-0.39, 0.29) is 6.04 Å². The van der Waals surface area contributed by atoms with Crippen LogP contribution in [0.5, 0.6) is 5.75 Å². The second-order valence-electron chi connectivity index (χ2n) is 8.53. The van der Waals surface area contributed by atoms with Crippen LogP contribution in [-0.4, -0.2) is 68.3 Å². The van der Waals surface area contributed by atoms with Crippen LogP contribution in [0, 0.1) is 0 Å². The first-order chi connectivity index (χ1) is 16.8. The van der Waals surface area contributed by atoms with E-state index in [4.69, 9.17) is 4.74 Å². The molecule has 1 atom stereocenters. The van der Waals surface area contributed by atoms with E-state index in [1.165, 1.54) is 11.1 Å². The van der Waals surface area contributed by atoms with Crippen molar-refractivity contribution in [1.82, 2.24) is 35.0 Å². The second kappa shape index (κ2) is 10.5. The van der Waals surface area contributed by atoms with Crippen molar-refractivity contribution in [3.05, 3.63) is 102 Å². The normalized spacial score (nSPS) is 15.8. The molecule has 0 saturated carbocycles. The van der Waals surface area contributed by atoms with Gasteiger partial charge in [0.2, 0.25) is 0 Å². The highest BCUT2D eigenvalue weighted by molar-refractivity contribution is 5.32. The number of pyridine rings is 1. The molecule has 0 radical (unpaired) electrons. The standard InChI is InChI=1S/C26H29N7O/c1-34-24-11-9-23(10-12-24)25(26-28-29-30-33(26)20-21-6-3-2-4-7-21)32-16-14-31(15-17-32)19-22-8-5-13-27-18-22/h2-13,18,25H,14-17,19-20H2,1H3. The first-order valence-electron chi connectivity index (χ1n) is 11.6. The quantitative estimate of drug-likeness (QED) is 0.404. The molecule has 0 N–H and O–H groups in total. The highest BCUT2D eigenvalue weighted by Gasteiger charge is 2.30. The molecule has 34 heavy (non-hydrogen) atoms. The van der Waals surface area contributed by atoms with E-state index < -0.39 is 0 Å². The van der Waals surface area contributed by atoms with E-state index in [9.17, 15) is 0 Å². The Hall–Kier alpha value is -3.62. The predicted molar refractivity (Wildman–Crippen MR) is 129 cm³/mol. The molecule has 0 amide bonds. The first kappa shape index (κ1) is 22.2. The highest BCUT2D eigenvalue weighted by atomic mass is 16.5. The van der Waals surface area contributed by atoms with Gasteiger partial charge in [-0.05, 0) is 45.3 Å². The van der Waals surface area contributed by atoms with Crippen molar-refractivity contribution in [2.45, 2.75) is 19.1 Å². The van der Waals surface area contributed by atoms with Gasteiger partial charge in [0, 0.05) is 45.1 Å². The summed E-state index contributed by atoms with van der Waals surface area (Å²) in [6.07, 6.45) is 3.77. The summed E-state index contributed by atoms with van der Waals surface area (Å²) in [5, 5.41) is 12.9. The molecular formula is C26H29N7O. The number of benzene rings is 2. The lowest BCUT2D eigenvalue weighted by atomic mass is 10.0. The molecule has 0 bridgehead atoms. The number of ether oxygens (including phenoxy) is 1. The lowest BCUT2D eigenvalue weighted by Gasteiger charge is -2.39. The number of hydrogen-bond donors (Lipinski definition) is 0. The molecular weight excluding hydrogens is 426 g/mol. The number of hydrogen-bond acceptors (Lipinski definition) is 7. The average molecular weight is 456 g/mol. The van der Waals surface area contributed by atoms with Crippen LogP contribution < -0.4 is 4.74 Å². The Morgan fingerprint density at radius 3 is 2.32 bits per heavy atom. The van der Waals surface area contributed by atoms with Gasteiger partial charge in [-0.2, -0.15) is 0 Å². The number of tetrazole rings is 1. The SMILES string of the molecule is COc1ccc(C(c2nnnn2Cc2ccccc2)N2CCN(Cc3cccnc3)CC2)cc1. The molecule has 1 aliphatic heterocycles. The topological polar surface area (TPSA) is 72.2 Å². The molecule has 2 aromatic carbocycles. The zero-order valence-corrected chi connectivity index (χ0v) is 19.4. The van der Waals surface area contributed by atoms with Gasteiger partial charge in [0.25, 0.3) is 0 Å². The van der Waals surface area contributed by atoms with Crippen LogP contribution in [0.25, 0.3) is 0 Å². The molecule has 1 saturated heterocycles. The molecule has 0 spiro atoms. The summed E-state index contributed by atoms with van der Waals surface area (Å²) >= 11 is 0. The van der Waals surface area contributed by atoms with Crippen LogP contribution in [0.1, 0.15) is 28.6 Å². The summed E-state index contributed by atoms with van der Waals surface area (Å²) in [7, 11) is 1.69. The molecule has 1 aliphatic rings. The maximum absolute atomic E-state index is 5.39. The smallest absolute Gasteiger partial charge is 0.173 e. The lowest BCUT2D eigenvalue weighted by Crippen LogP contribution is -2.48. The predicted octanol–water partition coefficient (Wildman–Crippen LogP) is 3.03. The average Bonchev–Trinajstić information content (AvgIpc) is 3.34. The highest BCUT2D eigenvalue weighted by Crippen LogP contribution is 2.30. The Morgan fingerprint density at radius 1 is 0.853 bits per heavy atom. The second-order valence-corrected chi connectivity index (χ2v) is 8.53. The van der Waals surface area contributed by atoms with Crippen LogP contribution >= 0.6 is 0 Å². The fourth-order valence-corrected chi connectivity index (χ4v) is 4.52. The Labute approximate surface area is 199 Å². The third-order valence-corrected chi connectivity index (χ3v) is 6.31. The molecule has 8 heteroatoms. The molecule has 2 aromatic heterocycles. The van der Waals surface area contributed by atoms with Gasteiger partial charge >= 0.3 is 0 Å². The summed E-state index contributed by atoms with van der Waals surface area (Å²) in [6.45, 7) is 5.35. The van der Waals surface area contributed by atoms with E-state index in [0.717, 1.165) is 49.9 Å². The van der Waals surface area contributed by atoms with Crippen LogP contribution in [-0.2, 0) is 13.1 Å². The van der Waals surface area contributed by atoms with Gasteiger partial charge in [0.1, 0.15) is 5.75 Å². The van der Waals surface area contributed by atoms with E-state index in [1.54, 1.807) is 7.11 Å². The number of rotatable bonds is 8. The van der Waals surface area contributed by atoms with Crippen LogP contribution in [0.15, 0.2) is 79.1 Å². The van der Waals surface area contributed by atoms with Crippen LogP contribution in [0.3, 0.4) is 0 Å². The zero-order valence-electron chi connectivity index (χ0n) is 19.4. The van der Waals surface area contributed by atoms with Crippen molar-refractivity contribution in [2.24, 2.45) is 0 Å². The maximum atomic E-state index is 5.39. The van der Waals surface area contributed by atoms with Crippen molar-refractivity contribution in [1.29, 1.82) is 0 Å². The van der Waals surface area contributed by atoms with Gasteiger partial charge < -0.3 is 4.74 Å². The summed E-state index contributed by atoms with van der Waals surface area (Å²) in [6, 6.07) is 22.7. The van der Waals surface area contributed by atoms with Gasteiger partial charge in [-0.15, -0.1) is 5.10 Å². The minimum atomic E-state index is -0.0369. The molecule has 0 aliphatic carbocycles. The molecule has 174 valence electrons. The Balaban J connectivity index is 1.38. The van der Waals surface area contributed by atoms with E-state index in [0.29, 0.717) is 6.54 Å². The van der Waals surface area contributed by atoms with Gasteiger partial charge in [-0.25, -0.2) is 4.68 Å². The third kappa shape index (κ3) is 5.13. The lowest BCUT2D eigenvalue weighted by molar-refractivity contribution is 0.100. The number of nitrogens with zero attached hydrogens (tertiary/aromatic N) is 7. The van der Waals surface area contributed by atoms with Crippen molar-refractivity contribution in [3.8, 4) is 5.75 Å². The maximum Gasteiger partial charge on any atom is 0.173 e. The molecule has 8 nitrogen and oxygen atoms in total. The largest absolute Gasteiger partial charge is 0.497 e. The minimum absolute atomic E-state index is 0.0369. The Morgan fingerprint density at radius 2 is 1.62 bits per heavy atom. The molecule has 5 rings (SSSR count). The van der Waals surface area contributed by atoms with Gasteiger partial charge in [0.05, 0.1) is 19.7 Å². The monoisotopic (exact) mass is 455 g/mol. The summed E-state index contributed by atoms with van der Waals surface area (Å²) in [4.78, 5) is 9.21. The third-order valence-electron chi connectivity index (χ3n) is 6.31. The summed E-state index contributed by atoms with van der Waals surface area (Å²) < 4.78 is 7.31. The van der Waals surface area contributed by atoms with Gasteiger partial charge in [-0.1, -0.05) is 48.5 Å². The van der Waals surface area contributed by atoms with Crippen molar-refractivity contribution >= 4 is 0 Å². The van der Waals surface area contributed by atoms with E-state index in [1.807, 2.05) is 53.5 Å². The number of aromatic nitrogens is 5.